The average molecular weight is 271 g/mol. The molecule has 1 N–H and O–H groups in total. The zero-order chi connectivity index (χ0) is 13.8. The lowest BCUT2D eigenvalue weighted by Gasteiger charge is -2.14. The van der Waals surface area contributed by atoms with E-state index in [1.54, 1.807) is 0 Å². The molecule has 1 saturated carbocycles. The minimum atomic E-state index is 0.718. The van der Waals surface area contributed by atoms with E-state index in [1.165, 1.54) is 12.8 Å². The molecule has 0 spiro atoms. The van der Waals surface area contributed by atoms with E-state index in [-0.39, 0.29) is 0 Å². The monoisotopic (exact) mass is 271 g/mol. The number of nitrogens with zero attached hydrogens (tertiary/aromatic N) is 2. The van der Waals surface area contributed by atoms with E-state index in [1.807, 2.05) is 24.4 Å². The summed E-state index contributed by atoms with van der Waals surface area (Å²) >= 11 is 0. The first-order valence-electron chi connectivity index (χ1n) is 7.19. The third-order valence-corrected chi connectivity index (χ3v) is 3.44. The number of aromatic nitrogens is 1. The third-order valence-electron chi connectivity index (χ3n) is 3.44. The average Bonchev–Trinajstić information content (AvgIpc) is 3.18. The van der Waals surface area contributed by atoms with Gasteiger partial charge in [0.05, 0.1) is 18.8 Å². The molecule has 2 aromatic rings. The van der Waals surface area contributed by atoms with Crippen molar-refractivity contribution in [3.05, 3.63) is 53.7 Å². The lowest BCUT2D eigenvalue weighted by molar-refractivity contribution is 0.279. The zero-order valence-electron chi connectivity index (χ0n) is 11.9. The van der Waals surface area contributed by atoms with Crippen LogP contribution in [0.1, 0.15) is 30.1 Å². The van der Waals surface area contributed by atoms with Crippen molar-refractivity contribution in [1.29, 1.82) is 0 Å². The van der Waals surface area contributed by atoms with E-state index in [0.29, 0.717) is 0 Å². The third kappa shape index (κ3) is 3.92. The van der Waals surface area contributed by atoms with Gasteiger partial charge in [0.2, 0.25) is 0 Å². The number of furan rings is 1. The second-order valence-corrected chi connectivity index (χ2v) is 5.52. The molecular formula is C16H21N3O. The van der Waals surface area contributed by atoms with E-state index < -0.39 is 0 Å². The van der Waals surface area contributed by atoms with Crippen molar-refractivity contribution in [3.63, 3.8) is 0 Å². The van der Waals surface area contributed by atoms with Crippen molar-refractivity contribution in [2.75, 3.05) is 7.05 Å². The van der Waals surface area contributed by atoms with Crippen LogP contribution in [0, 0.1) is 0 Å². The fourth-order valence-corrected chi connectivity index (χ4v) is 2.22. The van der Waals surface area contributed by atoms with E-state index in [4.69, 9.17) is 4.42 Å². The Balaban J connectivity index is 1.49. The summed E-state index contributed by atoms with van der Waals surface area (Å²) in [4.78, 5) is 6.55. The van der Waals surface area contributed by atoms with Gasteiger partial charge in [-0.2, -0.15) is 0 Å². The van der Waals surface area contributed by atoms with Crippen LogP contribution in [0.4, 0.5) is 0 Å². The molecule has 1 aliphatic carbocycles. The Morgan fingerprint density at radius 1 is 1.20 bits per heavy atom. The molecule has 0 saturated heterocycles. The van der Waals surface area contributed by atoms with Crippen molar-refractivity contribution in [1.82, 2.24) is 15.2 Å². The minimum absolute atomic E-state index is 0.718. The van der Waals surface area contributed by atoms with E-state index in [0.717, 1.165) is 42.9 Å². The molecule has 4 nitrogen and oxygen atoms in total. The Kier molecular flexibility index (Phi) is 4.14. The Morgan fingerprint density at radius 2 is 2.05 bits per heavy atom. The summed E-state index contributed by atoms with van der Waals surface area (Å²) < 4.78 is 5.85. The van der Waals surface area contributed by atoms with Gasteiger partial charge in [-0.1, -0.05) is 6.07 Å². The molecule has 0 aromatic carbocycles. The van der Waals surface area contributed by atoms with Gasteiger partial charge in [0, 0.05) is 18.8 Å². The molecule has 0 aliphatic heterocycles. The summed E-state index contributed by atoms with van der Waals surface area (Å²) in [5.74, 6) is 2.04. The number of nitrogens with one attached hydrogen (secondary N) is 1. The maximum atomic E-state index is 5.85. The minimum Gasteiger partial charge on any atom is -0.463 e. The first-order valence-corrected chi connectivity index (χ1v) is 7.19. The molecule has 3 rings (SSSR count). The molecule has 1 fully saturated rings. The summed E-state index contributed by atoms with van der Waals surface area (Å²) in [5, 5.41) is 3.46. The summed E-state index contributed by atoms with van der Waals surface area (Å²) in [6, 6.07) is 10.9. The number of hydrogen-bond donors (Lipinski definition) is 1. The van der Waals surface area contributed by atoms with Crippen LogP contribution in [-0.4, -0.2) is 23.0 Å². The Hall–Kier alpha value is -1.65. The highest BCUT2D eigenvalue weighted by Gasteiger charge is 2.20. The lowest BCUT2D eigenvalue weighted by atomic mass is 10.3. The summed E-state index contributed by atoms with van der Waals surface area (Å²) in [6.07, 6.45) is 4.44. The standard InChI is InChI=1S/C16H21N3O/c1-19(11-14-4-2-3-9-17-14)12-16-8-7-15(20-16)10-18-13-5-6-13/h2-4,7-9,13,18H,5-6,10-12H2,1H3. The maximum absolute atomic E-state index is 5.85. The van der Waals surface area contributed by atoms with Crippen LogP contribution in [0.3, 0.4) is 0 Å². The number of hydrogen-bond acceptors (Lipinski definition) is 4. The molecule has 4 heteroatoms. The van der Waals surface area contributed by atoms with Gasteiger partial charge in [-0.25, -0.2) is 0 Å². The highest BCUT2D eigenvalue weighted by atomic mass is 16.3. The molecule has 2 heterocycles. The van der Waals surface area contributed by atoms with Gasteiger partial charge in [0.25, 0.3) is 0 Å². The Bertz CT molecular complexity index is 534. The molecule has 0 unspecified atom stereocenters. The van der Waals surface area contributed by atoms with E-state index in [2.05, 4.69) is 34.4 Å². The predicted molar refractivity (Wildman–Crippen MR) is 78.0 cm³/mol. The second kappa shape index (κ2) is 6.20. The first kappa shape index (κ1) is 13.3. The highest BCUT2D eigenvalue weighted by Crippen LogP contribution is 2.20. The Morgan fingerprint density at radius 3 is 2.80 bits per heavy atom. The van der Waals surface area contributed by atoms with Crippen LogP contribution in [-0.2, 0) is 19.6 Å². The van der Waals surface area contributed by atoms with Crippen LogP contribution < -0.4 is 5.32 Å². The van der Waals surface area contributed by atoms with Crippen molar-refractivity contribution in [2.45, 2.75) is 38.5 Å². The van der Waals surface area contributed by atoms with Gasteiger partial charge in [-0.05, 0) is 44.2 Å². The second-order valence-electron chi connectivity index (χ2n) is 5.52. The van der Waals surface area contributed by atoms with Gasteiger partial charge >= 0.3 is 0 Å². The van der Waals surface area contributed by atoms with Crippen LogP contribution in [0.2, 0.25) is 0 Å². The molecule has 106 valence electrons. The number of rotatable bonds is 7. The van der Waals surface area contributed by atoms with Crippen molar-refractivity contribution >= 4 is 0 Å². The van der Waals surface area contributed by atoms with Crippen LogP contribution in [0.25, 0.3) is 0 Å². The number of pyridine rings is 1. The molecule has 0 radical (unpaired) electrons. The normalized spacial score (nSPS) is 14.9. The fourth-order valence-electron chi connectivity index (χ4n) is 2.22. The van der Waals surface area contributed by atoms with E-state index in [9.17, 15) is 0 Å². The van der Waals surface area contributed by atoms with Crippen molar-refractivity contribution in [2.24, 2.45) is 0 Å². The molecule has 0 amide bonds. The Labute approximate surface area is 119 Å². The SMILES string of the molecule is CN(Cc1ccccn1)Cc1ccc(CNC2CC2)o1. The van der Waals surface area contributed by atoms with Crippen LogP contribution >= 0.6 is 0 Å². The highest BCUT2D eigenvalue weighted by molar-refractivity contribution is 5.08. The van der Waals surface area contributed by atoms with Crippen LogP contribution in [0.5, 0.6) is 0 Å². The van der Waals surface area contributed by atoms with Gasteiger partial charge in [-0.3, -0.25) is 9.88 Å². The maximum Gasteiger partial charge on any atom is 0.118 e. The summed E-state index contributed by atoms with van der Waals surface area (Å²) in [6.45, 7) is 2.48. The van der Waals surface area contributed by atoms with Gasteiger partial charge in [-0.15, -0.1) is 0 Å². The summed E-state index contributed by atoms with van der Waals surface area (Å²) in [7, 11) is 2.08. The molecular weight excluding hydrogens is 250 g/mol. The fraction of sp³-hybridized carbons (Fsp3) is 0.438. The lowest BCUT2D eigenvalue weighted by Crippen LogP contribution is -2.17. The quantitative estimate of drug-likeness (QED) is 0.840. The predicted octanol–water partition coefficient (Wildman–Crippen LogP) is 2.56. The first-order chi connectivity index (χ1) is 9.79. The topological polar surface area (TPSA) is 41.3 Å². The smallest absolute Gasteiger partial charge is 0.118 e. The van der Waals surface area contributed by atoms with Gasteiger partial charge in [0.15, 0.2) is 0 Å². The zero-order valence-corrected chi connectivity index (χ0v) is 11.9. The van der Waals surface area contributed by atoms with E-state index >= 15 is 0 Å². The molecule has 1 aliphatic rings. The largest absolute Gasteiger partial charge is 0.463 e. The van der Waals surface area contributed by atoms with Crippen molar-refractivity contribution < 1.29 is 4.42 Å². The summed E-state index contributed by atoms with van der Waals surface area (Å²) in [5.41, 5.74) is 1.08. The molecule has 0 bridgehead atoms. The van der Waals surface area contributed by atoms with Crippen LogP contribution in [0.15, 0.2) is 40.9 Å². The molecule has 0 atom stereocenters. The molecule has 2 aromatic heterocycles. The van der Waals surface area contributed by atoms with Gasteiger partial charge < -0.3 is 9.73 Å². The van der Waals surface area contributed by atoms with Gasteiger partial charge in [0.1, 0.15) is 11.5 Å². The van der Waals surface area contributed by atoms with Crippen molar-refractivity contribution in [3.8, 4) is 0 Å². The molecule has 20 heavy (non-hydrogen) atoms.